The fraction of sp³-hybridized carbons (Fsp3) is 0.222. The number of thiocarbonyl (C=S) groups is 1. The third-order valence-corrected chi connectivity index (χ3v) is 3.62. The standard InChI is InChI=1S/C18H20FN3S/c1-12(2)14-6-10-17(11-7-14)20-18(23)22-21-13(3)15-4-8-16(19)9-5-15/h4-12H,1-3H3,(H2,20,22,23)/b21-13-. The third kappa shape index (κ3) is 5.14. The minimum atomic E-state index is -0.267. The van der Waals surface area contributed by atoms with Crippen LogP contribution in [0.3, 0.4) is 0 Å². The minimum absolute atomic E-state index is 0.267. The first-order chi connectivity index (χ1) is 11.0. The fourth-order valence-electron chi connectivity index (χ4n) is 2.00. The minimum Gasteiger partial charge on any atom is -0.331 e. The summed E-state index contributed by atoms with van der Waals surface area (Å²) in [5.74, 6) is 0.230. The molecule has 0 radical (unpaired) electrons. The van der Waals surface area contributed by atoms with Crippen LogP contribution in [0.2, 0.25) is 0 Å². The van der Waals surface area contributed by atoms with Crippen LogP contribution in [0.4, 0.5) is 10.1 Å². The van der Waals surface area contributed by atoms with Crippen molar-refractivity contribution in [2.75, 3.05) is 5.32 Å². The van der Waals surface area contributed by atoms with Crippen LogP contribution in [0.5, 0.6) is 0 Å². The van der Waals surface area contributed by atoms with Crippen LogP contribution in [-0.2, 0) is 0 Å². The molecule has 0 bridgehead atoms. The number of rotatable bonds is 4. The summed E-state index contributed by atoms with van der Waals surface area (Å²) in [5, 5.41) is 7.69. The van der Waals surface area contributed by atoms with Gasteiger partial charge in [-0.2, -0.15) is 5.10 Å². The van der Waals surface area contributed by atoms with Crippen molar-refractivity contribution in [1.29, 1.82) is 0 Å². The van der Waals surface area contributed by atoms with Gasteiger partial charge >= 0.3 is 0 Å². The summed E-state index contributed by atoms with van der Waals surface area (Å²) in [4.78, 5) is 0. The van der Waals surface area contributed by atoms with Gasteiger partial charge in [0.2, 0.25) is 0 Å². The molecule has 0 heterocycles. The summed E-state index contributed by atoms with van der Waals surface area (Å²) >= 11 is 5.22. The van der Waals surface area contributed by atoms with E-state index in [1.807, 2.05) is 19.1 Å². The molecule has 23 heavy (non-hydrogen) atoms. The highest BCUT2D eigenvalue weighted by atomic mass is 32.1. The first-order valence-corrected chi connectivity index (χ1v) is 7.83. The molecule has 2 N–H and O–H groups in total. The van der Waals surface area contributed by atoms with Crippen LogP contribution < -0.4 is 10.7 Å². The number of halogens is 1. The topological polar surface area (TPSA) is 36.4 Å². The van der Waals surface area contributed by atoms with E-state index in [2.05, 4.69) is 41.8 Å². The molecule has 120 valence electrons. The van der Waals surface area contributed by atoms with E-state index < -0.39 is 0 Å². The van der Waals surface area contributed by atoms with Gasteiger partial charge in [-0.1, -0.05) is 38.1 Å². The summed E-state index contributed by atoms with van der Waals surface area (Å²) in [6.07, 6.45) is 0. The van der Waals surface area contributed by atoms with Gasteiger partial charge in [-0.05, 0) is 60.5 Å². The summed E-state index contributed by atoms with van der Waals surface area (Å²) in [7, 11) is 0. The van der Waals surface area contributed by atoms with Crippen molar-refractivity contribution < 1.29 is 4.39 Å². The molecule has 0 saturated carbocycles. The van der Waals surface area contributed by atoms with Crippen molar-refractivity contribution in [2.45, 2.75) is 26.7 Å². The number of anilines is 1. The zero-order chi connectivity index (χ0) is 16.8. The molecule has 0 fully saturated rings. The highest BCUT2D eigenvalue weighted by Gasteiger charge is 2.01. The van der Waals surface area contributed by atoms with E-state index in [9.17, 15) is 4.39 Å². The van der Waals surface area contributed by atoms with E-state index in [0.717, 1.165) is 17.0 Å². The van der Waals surface area contributed by atoms with E-state index in [0.29, 0.717) is 11.0 Å². The summed E-state index contributed by atoms with van der Waals surface area (Å²) in [6, 6.07) is 14.3. The molecule has 0 aliphatic rings. The molecule has 5 heteroatoms. The maximum Gasteiger partial charge on any atom is 0.191 e. The Morgan fingerprint density at radius 2 is 1.65 bits per heavy atom. The molecule has 0 aliphatic carbocycles. The lowest BCUT2D eigenvalue weighted by Crippen LogP contribution is -2.24. The summed E-state index contributed by atoms with van der Waals surface area (Å²) in [6.45, 7) is 6.14. The number of hydrogen-bond acceptors (Lipinski definition) is 2. The van der Waals surface area contributed by atoms with Gasteiger partial charge in [-0.3, -0.25) is 5.43 Å². The van der Waals surface area contributed by atoms with Crippen molar-refractivity contribution in [3.05, 3.63) is 65.5 Å². The zero-order valence-corrected chi connectivity index (χ0v) is 14.2. The average Bonchev–Trinajstić information content (AvgIpc) is 2.54. The molecule has 3 nitrogen and oxygen atoms in total. The number of hydrazone groups is 1. The highest BCUT2D eigenvalue weighted by molar-refractivity contribution is 7.80. The first kappa shape index (κ1) is 17.1. The van der Waals surface area contributed by atoms with Gasteiger partial charge in [0, 0.05) is 5.69 Å². The number of nitrogens with zero attached hydrogens (tertiary/aromatic N) is 1. The Balaban J connectivity index is 1.93. The molecular weight excluding hydrogens is 309 g/mol. The van der Waals surface area contributed by atoms with E-state index in [1.165, 1.54) is 17.7 Å². The lowest BCUT2D eigenvalue weighted by Gasteiger charge is -2.10. The van der Waals surface area contributed by atoms with Crippen LogP contribution in [0, 0.1) is 5.82 Å². The lowest BCUT2D eigenvalue weighted by molar-refractivity contribution is 0.628. The molecule has 2 rings (SSSR count). The maximum absolute atomic E-state index is 12.9. The molecule has 0 atom stereocenters. The van der Waals surface area contributed by atoms with E-state index in [4.69, 9.17) is 12.2 Å². The van der Waals surface area contributed by atoms with Gasteiger partial charge in [0.15, 0.2) is 5.11 Å². The van der Waals surface area contributed by atoms with E-state index >= 15 is 0 Å². The maximum atomic E-state index is 12.9. The lowest BCUT2D eigenvalue weighted by atomic mass is 10.0. The zero-order valence-electron chi connectivity index (χ0n) is 13.4. The van der Waals surface area contributed by atoms with Crippen molar-refractivity contribution in [3.63, 3.8) is 0 Å². The smallest absolute Gasteiger partial charge is 0.191 e. The van der Waals surface area contributed by atoms with Gasteiger partial charge in [0.25, 0.3) is 0 Å². The summed E-state index contributed by atoms with van der Waals surface area (Å²) < 4.78 is 12.9. The van der Waals surface area contributed by atoms with Gasteiger partial charge in [0.05, 0.1) is 5.71 Å². The number of nitrogens with one attached hydrogen (secondary N) is 2. The van der Waals surface area contributed by atoms with Crippen molar-refractivity contribution in [2.24, 2.45) is 5.10 Å². The Labute approximate surface area is 141 Å². The molecule has 0 aliphatic heterocycles. The Kier molecular flexibility index (Phi) is 5.82. The second kappa shape index (κ2) is 7.83. The number of benzene rings is 2. The van der Waals surface area contributed by atoms with Crippen LogP contribution in [0.25, 0.3) is 0 Å². The quantitative estimate of drug-likeness (QED) is 0.486. The predicted molar refractivity (Wildman–Crippen MR) is 98.5 cm³/mol. The van der Waals surface area contributed by atoms with Crippen LogP contribution in [-0.4, -0.2) is 10.8 Å². The number of hydrogen-bond donors (Lipinski definition) is 2. The molecule has 0 unspecified atom stereocenters. The average molecular weight is 329 g/mol. The van der Waals surface area contributed by atoms with Crippen LogP contribution in [0.15, 0.2) is 53.6 Å². The Bertz CT molecular complexity index is 691. The Morgan fingerprint density at radius 1 is 1.04 bits per heavy atom. The molecule has 0 saturated heterocycles. The van der Waals surface area contributed by atoms with Crippen LogP contribution in [0.1, 0.15) is 37.8 Å². The van der Waals surface area contributed by atoms with Crippen molar-refractivity contribution in [1.82, 2.24) is 5.43 Å². The SMILES string of the molecule is C/C(=N/NC(=S)Nc1ccc(C(C)C)cc1)c1ccc(F)cc1. The fourth-order valence-corrected chi connectivity index (χ4v) is 2.16. The monoisotopic (exact) mass is 329 g/mol. The first-order valence-electron chi connectivity index (χ1n) is 7.43. The second-order valence-corrected chi connectivity index (χ2v) is 5.95. The van der Waals surface area contributed by atoms with E-state index in [-0.39, 0.29) is 5.82 Å². The molecular formula is C18H20FN3S. The second-order valence-electron chi connectivity index (χ2n) is 5.55. The molecule has 0 amide bonds. The predicted octanol–water partition coefficient (Wildman–Crippen LogP) is 4.66. The molecule has 0 aromatic heterocycles. The van der Waals surface area contributed by atoms with Gasteiger partial charge in [-0.15, -0.1) is 0 Å². The Morgan fingerprint density at radius 3 is 2.22 bits per heavy atom. The third-order valence-electron chi connectivity index (χ3n) is 3.42. The van der Waals surface area contributed by atoms with Gasteiger partial charge < -0.3 is 5.32 Å². The van der Waals surface area contributed by atoms with Gasteiger partial charge in [0.1, 0.15) is 5.82 Å². The molecule has 2 aromatic rings. The van der Waals surface area contributed by atoms with Crippen molar-refractivity contribution >= 4 is 28.7 Å². The Hall–Kier alpha value is -2.27. The molecule has 2 aromatic carbocycles. The van der Waals surface area contributed by atoms with Crippen LogP contribution >= 0.6 is 12.2 Å². The highest BCUT2D eigenvalue weighted by Crippen LogP contribution is 2.17. The largest absolute Gasteiger partial charge is 0.331 e. The van der Waals surface area contributed by atoms with Crippen molar-refractivity contribution in [3.8, 4) is 0 Å². The molecule has 0 spiro atoms. The van der Waals surface area contributed by atoms with E-state index in [1.54, 1.807) is 12.1 Å². The van der Waals surface area contributed by atoms with Gasteiger partial charge in [-0.25, -0.2) is 4.39 Å². The normalized spacial score (nSPS) is 11.4. The summed E-state index contributed by atoms with van der Waals surface area (Å²) in [5.41, 5.74) is 6.54.